The number of hydrogen-bond acceptors (Lipinski definition) is 3. The minimum absolute atomic E-state index is 0.664. The Bertz CT molecular complexity index is 419. The minimum Gasteiger partial charge on any atom is -0.298 e. The summed E-state index contributed by atoms with van der Waals surface area (Å²) < 4.78 is 3.30. The van der Waals surface area contributed by atoms with Crippen LogP contribution in [0.15, 0.2) is 4.47 Å². The Morgan fingerprint density at radius 3 is 2.37 bits per heavy atom. The van der Waals surface area contributed by atoms with Crippen LogP contribution < -0.4 is 0 Å². The van der Waals surface area contributed by atoms with Gasteiger partial charge in [-0.25, -0.2) is 0 Å². The molecule has 19 heavy (non-hydrogen) atoms. The lowest BCUT2D eigenvalue weighted by molar-refractivity contribution is 0.102. The van der Waals surface area contributed by atoms with Gasteiger partial charge in [-0.15, -0.1) is 0 Å². The second-order valence-corrected chi connectivity index (χ2v) is 6.36. The van der Waals surface area contributed by atoms with Gasteiger partial charge in [0, 0.05) is 45.3 Å². The van der Waals surface area contributed by atoms with Crippen LogP contribution in [0.2, 0.25) is 0 Å². The molecule has 0 aliphatic carbocycles. The summed E-state index contributed by atoms with van der Waals surface area (Å²) in [7, 11) is 0. The Hall–Kier alpha value is -0.390. The molecular formula is C14H25BrN4. The SMILES string of the molecule is CCn1nc(C)c(Br)c1CN1CCN(C(C)C)CC1. The zero-order valence-electron chi connectivity index (χ0n) is 12.5. The van der Waals surface area contributed by atoms with Crippen LogP contribution in [0.1, 0.15) is 32.2 Å². The van der Waals surface area contributed by atoms with Crippen molar-refractivity contribution in [2.75, 3.05) is 26.2 Å². The van der Waals surface area contributed by atoms with Crippen molar-refractivity contribution >= 4 is 15.9 Å². The summed E-state index contributed by atoms with van der Waals surface area (Å²) in [5, 5.41) is 4.57. The molecule has 0 atom stereocenters. The van der Waals surface area contributed by atoms with Crippen LogP contribution in [0, 0.1) is 6.92 Å². The molecule has 0 N–H and O–H groups in total. The molecule has 0 amide bonds. The number of rotatable bonds is 4. The van der Waals surface area contributed by atoms with Gasteiger partial charge < -0.3 is 0 Å². The largest absolute Gasteiger partial charge is 0.298 e. The Morgan fingerprint density at radius 1 is 1.21 bits per heavy atom. The van der Waals surface area contributed by atoms with Gasteiger partial charge in [0.25, 0.3) is 0 Å². The first-order valence-corrected chi connectivity index (χ1v) is 8.00. The lowest BCUT2D eigenvalue weighted by atomic mass is 10.2. The van der Waals surface area contributed by atoms with Crippen LogP contribution in [-0.2, 0) is 13.1 Å². The van der Waals surface area contributed by atoms with E-state index in [2.05, 4.69) is 63.2 Å². The molecule has 2 heterocycles. The van der Waals surface area contributed by atoms with E-state index in [9.17, 15) is 0 Å². The van der Waals surface area contributed by atoms with Crippen LogP contribution in [-0.4, -0.2) is 51.8 Å². The molecule has 0 aromatic carbocycles. The summed E-state index contributed by atoms with van der Waals surface area (Å²) in [5.41, 5.74) is 2.41. The lowest BCUT2D eigenvalue weighted by Gasteiger charge is -2.36. The molecule has 1 fully saturated rings. The molecule has 108 valence electrons. The molecule has 0 bridgehead atoms. The first kappa shape index (κ1) is 15.0. The Kier molecular flexibility index (Phi) is 5.03. The van der Waals surface area contributed by atoms with Crippen molar-refractivity contribution in [2.45, 2.75) is 46.8 Å². The highest BCUT2D eigenvalue weighted by Crippen LogP contribution is 2.23. The van der Waals surface area contributed by atoms with Gasteiger partial charge in [0.15, 0.2) is 0 Å². The van der Waals surface area contributed by atoms with Crippen LogP contribution in [0.5, 0.6) is 0 Å². The second kappa shape index (κ2) is 6.37. The maximum absolute atomic E-state index is 4.57. The monoisotopic (exact) mass is 328 g/mol. The molecule has 1 aliphatic rings. The van der Waals surface area contributed by atoms with E-state index >= 15 is 0 Å². The molecule has 0 saturated carbocycles. The molecule has 1 saturated heterocycles. The molecular weight excluding hydrogens is 304 g/mol. The topological polar surface area (TPSA) is 24.3 Å². The summed E-state index contributed by atoms with van der Waals surface area (Å²) in [6.07, 6.45) is 0. The van der Waals surface area contributed by atoms with Crippen LogP contribution in [0.4, 0.5) is 0 Å². The Balaban J connectivity index is 1.99. The van der Waals surface area contributed by atoms with Gasteiger partial charge >= 0.3 is 0 Å². The Labute approximate surface area is 124 Å². The van der Waals surface area contributed by atoms with Crippen molar-refractivity contribution in [3.05, 3.63) is 15.9 Å². The first-order chi connectivity index (χ1) is 9.02. The summed E-state index contributed by atoms with van der Waals surface area (Å²) in [5.74, 6) is 0. The second-order valence-electron chi connectivity index (χ2n) is 5.57. The normalized spacial score (nSPS) is 18.4. The van der Waals surface area contributed by atoms with E-state index in [1.807, 2.05) is 0 Å². The zero-order valence-corrected chi connectivity index (χ0v) is 14.1. The number of nitrogens with zero attached hydrogens (tertiary/aromatic N) is 4. The summed E-state index contributed by atoms with van der Waals surface area (Å²) in [6.45, 7) is 15.4. The minimum atomic E-state index is 0.664. The molecule has 1 aromatic rings. The molecule has 1 aromatic heterocycles. The van der Waals surface area contributed by atoms with Crippen LogP contribution >= 0.6 is 15.9 Å². The zero-order chi connectivity index (χ0) is 14.0. The van der Waals surface area contributed by atoms with Gasteiger partial charge in [0.1, 0.15) is 0 Å². The number of piperazine rings is 1. The van der Waals surface area contributed by atoms with Gasteiger partial charge in [-0.2, -0.15) is 5.10 Å². The third-order valence-electron chi connectivity index (χ3n) is 3.96. The van der Waals surface area contributed by atoms with Gasteiger partial charge in [-0.1, -0.05) is 0 Å². The third kappa shape index (κ3) is 3.38. The summed E-state index contributed by atoms with van der Waals surface area (Å²) >= 11 is 3.68. The van der Waals surface area contributed by atoms with E-state index in [0.717, 1.165) is 31.9 Å². The predicted octanol–water partition coefficient (Wildman–Crippen LogP) is 2.50. The number of aromatic nitrogens is 2. The maximum atomic E-state index is 4.57. The molecule has 0 radical (unpaired) electrons. The average molecular weight is 329 g/mol. The average Bonchev–Trinajstić information content (AvgIpc) is 2.67. The fourth-order valence-electron chi connectivity index (χ4n) is 2.67. The van der Waals surface area contributed by atoms with Gasteiger partial charge in [0.05, 0.1) is 15.9 Å². The predicted molar refractivity (Wildman–Crippen MR) is 82.3 cm³/mol. The maximum Gasteiger partial charge on any atom is 0.0739 e. The van der Waals surface area contributed by atoms with E-state index in [0.29, 0.717) is 6.04 Å². The smallest absolute Gasteiger partial charge is 0.0739 e. The highest BCUT2D eigenvalue weighted by atomic mass is 79.9. The quantitative estimate of drug-likeness (QED) is 0.848. The van der Waals surface area contributed by atoms with Gasteiger partial charge in [-0.05, 0) is 43.6 Å². The van der Waals surface area contributed by atoms with E-state index in [1.54, 1.807) is 0 Å². The molecule has 5 heteroatoms. The van der Waals surface area contributed by atoms with E-state index < -0.39 is 0 Å². The lowest BCUT2D eigenvalue weighted by Crippen LogP contribution is -2.48. The number of aryl methyl sites for hydroxylation is 2. The molecule has 0 unspecified atom stereocenters. The van der Waals surface area contributed by atoms with E-state index in [4.69, 9.17) is 0 Å². The van der Waals surface area contributed by atoms with E-state index in [1.165, 1.54) is 23.3 Å². The fourth-order valence-corrected chi connectivity index (χ4v) is 3.08. The van der Waals surface area contributed by atoms with E-state index in [-0.39, 0.29) is 0 Å². The number of halogens is 1. The first-order valence-electron chi connectivity index (χ1n) is 7.21. The summed E-state index contributed by atoms with van der Waals surface area (Å²) in [4.78, 5) is 5.08. The van der Waals surface area contributed by atoms with Crippen molar-refractivity contribution in [3.8, 4) is 0 Å². The molecule has 0 spiro atoms. The third-order valence-corrected chi connectivity index (χ3v) is 4.99. The highest BCUT2D eigenvalue weighted by Gasteiger charge is 2.21. The van der Waals surface area contributed by atoms with Gasteiger partial charge in [-0.3, -0.25) is 14.5 Å². The molecule has 2 rings (SSSR count). The van der Waals surface area contributed by atoms with Crippen molar-refractivity contribution in [3.63, 3.8) is 0 Å². The van der Waals surface area contributed by atoms with Crippen molar-refractivity contribution in [1.29, 1.82) is 0 Å². The van der Waals surface area contributed by atoms with Crippen molar-refractivity contribution in [1.82, 2.24) is 19.6 Å². The van der Waals surface area contributed by atoms with Crippen LogP contribution in [0.3, 0.4) is 0 Å². The standard InChI is InChI=1S/C14H25BrN4/c1-5-19-13(14(15)12(4)16-19)10-17-6-8-18(9-7-17)11(2)3/h11H,5-10H2,1-4H3. The van der Waals surface area contributed by atoms with Crippen molar-refractivity contribution < 1.29 is 0 Å². The fraction of sp³-hybridized carbons (Fsp3) is 0.786. The summed E-state index contributed by atoms with van der Waals surface area (Å²) in [6, 6.07) is 0.664. The highest BCUT2D eigenvalue weighted by molar-refractivity contribution is 9.10. The van der Waals surface area contributed by atoms with Crippen LogP contribution in [0.25, 0.3) is 0 Å². The van der Waals surface area contributed by atoms with Crippen molar-refractivity contribution in [2.24, 2.45) is 0 Å². The Morgan fingerprint density at radius 2 is 1.84 bits per heavy atom. The number of hydrogen-bond donors (Lipinski definition) is 0. The van der Waals surface area contributed by atoms with Gasteiger partial charge in [0.2, 0.25) is 0 Å². The molecule has 4 nitrogen and oxygen atoms in total. The molecule has 1 aliphatic heterocycles.